The fraction of sp³-hybridized carbons (Fsp3) is 1.00. The maximum Gasteiger partial charge on any atom is 0.168 e. The smallest absolute Gasteiger partial charge is 0.168 e. The van der Waals surface area contributed by atoms with Crippen molar-refractivity contribution in [3.63, 3.8) is 0 Å². The van der Waals surface area contributed by atoms with Crippen molar-refractivity contribution in [1.82, 2.24) is 0 Å². The van der Waals surface area contributed by atoms with Crippen LogP contribution in [-0.2, 0) is 14.2 Å². The molecule has 1 aliphatic carbocycles. The lowest BCUT2D eigenvalue weighted by atomic mass is 9.81. The van der Waals surface area contributed by atoms with Gasteiger partial charge in [0.15, 0.2) is 5.79 Å². The van der Waals surface area contributed by atoms with Crippen LogP contribution in [-0.4, -0.2) is 59.8 Å². The van der Waals surface area contributed by atoms with Gasteiger partial charge in [-0.15, -0.1) is 9.24 Å². The zero-order valence-corrected chi connectivity index (χ0v) is 15.9. The molecule has 6 heteroatoms. The van der Waals surface area contributed by atoms with Crippen molar-refractivity contribution < 1.29 is 24.4 Å². The predicted octanol–water partition coefficient (Wildman–Crippen LogP) is 2.09. The van der Waals surface area contributed by atoms with E-state index in [0.29, 0.717) is 19.8 Å². The van der Waals surface area contributed by atoms with E-state index in [1.807, 2.05) is 0 Å². The first-order valence-corrected chi connectivity index (χ1v) is 9.22. The zero-order valence-electron chi connectivity index (χ0n) is 14.8. The minimum absolute atomic E-state index is 0.0470. The number of ether oxygens (including phenoxy) is 3. The van der Waals surface area contributed by atoms with Crippen LogP contribution < -0.4 is 0 Å². The zero-order chi connectivity index (χ0) is 17.2. The van der Waals surface area contributed by atoms with Gasteiger partial charge in [-0.05, 0) is 26.2 Å². The van der Waals surface area contributed by atoms with Crippen molar-refractivity contribution in [2.24, 2.45) is 5.41 Å². The number of aliphatic hydroxyl groups is 2. The van der Waals surface area contributed by atoms with Gasteiger partial charge in [0.1, 0.15) is 0 Å². The van der Waals surface area contributed by atoms with Gasteiger partial charge in [-0.3, -0.25) is 0 Å². The molecule has 1 aliphatic heterocycles. The normalized spacial score (nSPS) is 41.0. The summed E-state index contributed by atoms with van der Waals surface area (Å²) in [6, 6.07) is 0. The average Bonchev–Trinajstić information content (AvgIpc) is 2.59. The monoisotopic (exact) mass is 348 g/mol. The van der Waals surface area contributed by atoms with E-state index in [1.165, 1.54) is 0 Å². The van der Waals surface area contributed by atoms with Crippen LogP contribution in [0.4, 0.5) is 0 Å². The topological polar surface area (TPSA) is 68.2 Å². The van der Waals surface area contributed by atoms with Crippen LogP contribution in [0, 0.1) is 5.41 Å². The van der Waals surface area contributed by atoms with Crippen LogP contribution >= 0.6 is 9.24 Å². The molecule has 1 heterocycles. The Hall–Kier alpha value is 0.230. The Balaban J connectivity index is 1.86. The van der Waals surface area contributed by atoms with Crippen LogP contribution in [0.5, 0.6) is 0 Å². The molecule has 2 unspecified atom stereocenters. The Bertz CT molecular complexity index is 378. The summed E-state index contributed by atoms with van der Waals surface area (Å²) in [4.78, 5) is 0. The molecule has 0 bridgehead atoms. The van der Waals surface area contributed by atoms with Crippen molar-refractivity contribution in [3.8, 4) is 0 Å². The van der Waals surface area contributed by atoms with Crippen molar-refractivity contribution in [1.29, 1.82) is 0 Å². The lowest BCUT2D eigenvalue weighted by Crippen LogP contribution is -2.55. The van der Waals surface area contributed by atoms with Crippen LogP contribution in [0.15, 0.2) is 0 Å². The van der Waals surface area contributed by atoms with Crippen molar-refractivity contribution >= 4 is 9.24 Å². The fourth-order valence-corrected chi connectivity index (χ4v) is 3.09. The summed E-state index contributed by atoms with van der Waals surface area (Å²) in [5.74, 6) is -0.511. The van der Waals surface area contributed by atoms with Crippen LogP contribution in [0.2, 0.25) is 0 Å². The summed E-state index contributed by atoms with van der Waals surface area (Å²) in [5, 5.41) is 18.6. The van der Waals surface area contributed by atoms with Gasteiger partial charge in [-0.2, -0.15) is 0 Å². The first-order chi connectivity index (χ1) is 10.7. The SMILES string of the molecule is CCC(C)(CO)COC1(C)CCC2(CC1)OCC(P)(CO)CO2. The van der Waals surface area contributed by atoms with Gasteiger partial charge in [0.2, 0.25) is 0 Å². The highest BCUT2D eigenvalue weighted by atomic mass is 31.0. The molecule has 5 nitrogen and oxygen atoms in total. The number of rotatable bonds is 6. The third-order valence-corrected chi connectivity index (χ3v) is 6.15. The summed E-state index contributed by atoms with van der Waals surface area (Å²) in [5.41, 5.74) is -0.355. The van der Waals surface area contributed by atoms with Crippen LogP contribution in [0.3, 0.4) is 0 Å². The molecule has 2 aliphatic rings. The maximum atomic E-state index is 9.53. The maximum absolute atomic E-state index is 9.53. The highest BCUT2D eigenvalue weighted by molar-refractivity contribution is 7.19. The van der Waals surface area contributed by atoms with Crippen molar-refractivity contribution in [3.05, 3.63) is 0 Å². The fourth-order valence-electron chi connectivity index (χ4n) is 2.93. The summed E-state index contributed by atoms with van der Waals surface area (Å²) in [7, 11) is 2.65. The number of hydrogen-bond donors (Lipinski definition) is 2. The highest BCUT2D eigenvalue weighted by Gasteiger charge is 2.48. The molecule has 136 valence electrons. The molecule has 1 spiro atoms. The standard InChI is InChI=1S/C17H33O5P/c1-4-14(2,9-18)11-20-15(3)5-7-17(8-6-15)21-12-16(23,10-19)13-22-17/h18-19H,4-13,23H2,1-3H3. The minimum atomic E-state index is -0.511. The Kier molecular flexibility index (Phi) is 6.15. The molecule has 0 amide bonds. The highest BCUT2D eigenvalue weighted by Crippen LogP contribution is 2.44. The molecule has 1 saturated carbocycles. The molecule has 2 atom stereocenters. The third-order valence-electron chi connectivity index (χ3n) is 5.63. The van der Waals surface area contributed by atoms with E-state index in [0.717, 1.165) is 32.1 Å². The van der Waals surface area contributed by atoms with Gasteiger partial charge in [0, 0.05) is 18.3 Å². The Morgan fingerprint density at radius 1 is 1.13 bits per heavy atom. The molecule has 23 heavy (non-hydrogen) atoms. The second kappa shape index (κ2) is 7.23. The summed E-state index contributed by atoms with van der Waals surface area (Å²) in [6.07, 6.45) is 4.25. The number of hydrogen-bond acceptors (Lipinski definition) is 5. The lowest BCUT2D eigenvalue weighted by molar-refractivity contribution is -0.304. The average molecular weight is 348 g/mol. The first-order valence-electron chi connectivity index (χ1n) is 8.64. The van der Waals surface area contributed by atoms with Gasteiger partial charge in [-0.25, -0.2) is 0 Å². The molecule has 0 aromatic rings. The lowest BCUT2D eigenvalue weighted by Gasteiger charge is -2.49. The summed E-state index contributed by atoms with van der Waals surface area (Å²) in [6.45, 7) is 8.06. The van der Waals surface area contributed by atoms with Gasteiger partial charge in [-0.1, -0.05) is 13.8 Å². The van der Waals surface area contributed by atoms with E-state index >= 15 is 0 Å². The van der Waals surface area contributed by atoms with E-state index in [9.17, 15) is 10.2 Å². The van der Waals surface area contributed by atoms with E-state index in [1.54, 1.807) is 0 Å². The van der Waals surface area contributed by atoms with Crippen LogP contribution in [0.1, 0.15) is 52.9 Å². The first kappa shape index (κ1) is 19.6. The molecule has 2 N–H and O–H groups in total. The van der Waals surface area contributed by atoms with E-state index < -0.39 is 5.79 Å². The molecule has 2 rings (SSSR count). The predicted molar refractivity (Wildman–Crippen MR) is 92.5 cm³/mol. The second-order valence-electron chi connectivity index (χ2n) is 8.07. The summed E-state index contributed by atoms with van der Waals surface area (Å²) < 4.78 is 18.2. The molecular formula is C17H33O5P. The summed E-state index contributed by atoms with van der Waals surface area (Å²) >= 11 is 0. The van der Waals surface area contributed by atoms with Gasteiger partial charge >= 0.3 is 0 Å². The van der Waals surface area contributed by atoms with Crippen molar-refractivity contribution in [2.75, 3.05) is 33.0 Å². The molecular weight excluding hydrogens is 315 g/mol. The van der Waals surface area contributed by atoms with Gasteiger partial charge in [0.05, 0.1) is 43.8 Å². The second-order valence-corrected chi connectivity index (χ2v) is 9.29. The molecule has 0 radical (unpaired) electrons. The van der Waals surface area contributed by atoms with Gasteiger partial charge in [0.25, 0.3) is 0 Å². The molecule has 0 aromatic carbocycles. The molecule has 1 saturated heterocycles. The Morgan fingerprint density at radius 3 is 2.13 bits per heavy atom. The third kappa shape index (κ3) is 4.65. The van der Waals surface area contributed by atoms with E-state index in [4.69, 9.17) is 14.2 Å². The van der Waals surface area contributed by atoms with E-state index in [2.05, 4.69) is 30.0 Å². The Morgan fingerprint density at radius 2 is 1.70 bits per heavy atom. The molecule has 2 fully saturated rings. The molecule has 0 aromatic heterocycles. The van der Waals surface area contributed by atoms with Crippen molar-refractivity contribution in [2.45, 2.75) is 69.4 Å². The van der Waals surface area contributed by atoms with Gasteiger partial charge < -0.3 is 24.4 Å². The van der Waals surface area contributed by atoms with E-state index in [-0.39, 0.29) is 29.4 Å². The quantitative estimate of drug-likeness (QED) is 0.720. The number of aliphatic hydroxyl groups excluding tert-OH is 2. The minimum Gasteiger partial charge on any atom is -0.396 e. The largest absolute Gasteiger partial charge is 0.396 e. The van der Waals surface area contributed by atoms with Crippen LogP contribution in [0.25, 0.3) is 0 Å². The Labute approximate surface area is 142 Å².